The molecule has 0 radical (unpaired) electrons. The van der Waals surface area contributed by atoms with Crippen LogP contribution in [-0.2, 0) is 0 Å². The SMILES string of the molecule is NC(N)=Nc1cc(SCC[18F])ccc1Cl. The van der Waals surface area contributed by atoms with Gasteiger partial charge in [0.2, 0.25) is 0 Å². The molecule has 1 aromatic rings. The van der Waals surface area contributed by atoms with Crippen LogP contribution in [0.3, 0.4) is 0 Å². The minimum Gasteiger partial charge on any atom is -0.370 e. The molecule has 0 aliphatic carbocycles. The van der Waals surface area contributed by atoms with Crippen LogP contribution >= 0.6 is 23.4 Å². The molecule has 0 unspecified atom stereocenters. The summed E-state index contributed by atoms with van der Waals surface area (Å²) in [6.45, 7) is -0.370. The Morgan fingerprint density at radius 2 is 2.20 bits per heavy atom. The predicted molar refractivity (Wildman–Crippen MR) is 63.6 cm³/mol. The van der Waals surface area contributed by atoms with Crippen LogP contribution < -0.4 is 11.5 Å². The van der Waals surface area contributed by atoms with Gasteiger partial charge in [-0.15, -0.1) is 11.8 Å². The molecule has 0 heterocycles. The van der Waals surface area contributed by atoms with E-state index < -0.39 is 0 Å². The zero-order valence-electron chi connectivity index (χ0n) is 7.91. The second-order valence-corrected chi connectivity index (χ2v) is 4.26. The minimum absolute atomic E-state index is 0.0514. The van der Waals surface area contributed by atoms with Crippen LogP contribution in [0.1, 0.15) is 0 Å². The Balaban J connectivity index is 2.90. The quantitative estimate of drug-likeness (QED) is 0.487. The van der Waals surface area contributed by atoms with Crippen molar-refractivity contribution in [3.63, 3.8) is 0 Å². The lowest BCUT2D eigenvalue weighted by atomic mass is 10.3. The first-order valence-electron chi connectivity index (χ1n) is 4.21. The molecule has 0 aliphatic rings. The number of benzene rings is 1. The molecule has 82 valence electrons. The van der Waals surface area contributed by atoms with Crippen LogP contribution in [0.25, 0.3) is 0 Å². The van der Waals surface area contributed by atoms with Crippen molar-refractivity contribution in [2.24, 2.45) is 16.5 Å². The lowest BCUT2D eigenvalue weighted by Crippen LogP contribution is -2.21. The van der Waals surface area contributed by atoms with Gasteiger partial charge in [0.25, 0.3) is 0 Å². The Kier molecular flexibility index (Phi) is 4.71. The summed E-state index contributed by atoms with van der Waals surface area (Å²) in [7, 11) is 0. The molecule has 0 saturated heterocycles. The molecule has 0 aliphatic heterocycles. The summed E-state index contributed by atoms with van der Waals surface area (Å²) in [5.41, 5.74) is 11.0. The Hall–Kier alpha value is -0.940. The summed E-state index contributed by atoms with van der Waals surface area (Å²) < 4.78 is 12.0. The lowest BCUT2D eigenvalue weighted by Gasteiger charge is -2.03. The number of nitrogens with zero attached hydrogens (tertiary/aromatic N) is 1. The second kappa shape index (κ2) is 5.82. The summed E-state index contributed by atoms with van der Waals surface area (Å²) in [6.07, 6.45) is 0. The van der Waals surface area contributed by atoms with Gasteiger partial charge < -0.3 is 11.5 Å². The molecule has 0 fully saturated rings. The molecule has 0 atom stereocenters. The Labute approximate surface area is 96.7 Å². The molecule has 0 amide bonds. The summed E-state index contributed by atoms with van der Waals surface area (Å²) in [5, 5.41) is 0.466. The van der Waals surface area contributed by atoms with E-state index in [4.69, 9.17) is 23.1 Å². The third-order valence-corrected chi connectivity index (χ3v) is 2.78. The van der Waals surface area contributed by atoms with Crippen LogP contribution in [0.4, 0.5) is 10.1 Å². The molecule has 3 nitrogen and oxygen atoms in total. The van der Waals surface area contributed by atoms with Crippen molar-refractivity contribution in [2.45, 2.75) is 4.90 Å². The number of nitrogens with two attached hydrogens (primary N) is 2. The van der Waals surface area contributed by atoms with E-state index in [2.05, 4.69) is 4.99 Å². The number of hydrogen-bond donors (Lipinski definition) is 2. The summed E-state index contributed by atoms with van der Waals surface area (Å²) in [6, 6.07) is 5.21. The van der Waals surface area contributed by atoms with Gasteiger partial charge in [-0.05, 0) is 18.2 Å². The fourth-order valence-corrected chi connectivity index (χ4v) is 1.80. The van der Waals surface area contributed by atoms with Crippen LogP contribution in [0, 0.1) is 0 Å². The molecule has 4 N–H and O–H groups in total. The highest BCUT2D eigenvalue weighted by molar-refractivity contribution is 7.99. The molecule has 0 spiro atoms. The molecule has 6 heteroatoms. The second-order valence-electron chi connectivity index (χ2n) is 2.69. The highest BCUT2D eigenvalue weighted by atomic mass is 35.5. The van der Waals surface area contributed by atoms with Gasteiger partial charge in [-0.3, -0.25) is 4.39 Å². The van der Waals surface area contributed by atoms with Crippen molar-refractivity contribution >= 4 is 35.0 Å². The van der Waals surface area contributed by atoms with Gasteiger partial charge in [0.1, 0.15) is 0 Å². The maximum Gasteiger partial charge on any atom is 0.191 e. The van der Waals surface area contributed by atoms with Gasteiger partial charge in [-0.25, -0.2) is 4.99 Å². The minimum atomic E-state index is -0.370. The van der Waals surface area contributed by atoms with Gasteiger partial charge in [0.05, 0.1) is 17.4 Å². The molecular formula is C9H11ClFN3S. The van der Waals surface area contributed by atoms with Crippen LogP contribution in [0.2, 0.25) is 5.02 Å². The van der Waals surface area contributed by atoms with E-state index >= 15 is 0 Å². The first kappa shape index (κ1) is 12.1. The van der Waals surface area contributed by atoms with Crippen LogP contribution in [0.5, 0.6) is 0 Å². The average molecular weight is 247 g/mol. The molecule has 15 heavy (non-hydrogen) atoms. The van der Waals surface area contributed by atoms with Crippen LogP contribution in [-0.4, -0.2) is 18.4 Å². The number of thioether (sulfide) groups is 1. The fraction of sp³-hybridized carbons (Fsp3) is 0.222. The first-order chi connectivity index (χ1) is 7.13. The highest BCUT2D eigenvalue weighted by Crippen LogP contribution is 2.30. The molecule has 1 aromatic carbocycles. The molecule has 0 aromatic heterocycles. The van der Waals surface area contributed by atoms with E-state index in [1.165, 1.54) is 11.8 Å². The molecular weight excluding hydrogens is 236 g/mol. The lowest BCUT2D eigenvalue weighted by molar-refractivity contribution is 0.533. The van der Waals surface area contributed by atoms with E-state index in [0.29, 0.717) is 16.5 Å². The largest absolute Gasteiger partial charge is 0.370 e. The van der Waals surface area contributed by atoms with Crippen molar-refractivity contribution in [3.8, 4) is 0 Å². The zero-order valence-corrected chi connectivity index (χ0v) is 9.48. The third-order valence-electron chi connectivity index (χ3n) is 1.51. The molecule has 0 bridgehead atoms. The normalized spacial score (nSPS) is 10.0. The molecule has 0 saturated carbocycles. The van der Waals surface area contributed by atoms with E-state index in [1.807, 2.05) is 0 Å². The van der Waals surface area contributed by atoms with Crippen molar-refractivity contribution in [1.29, 1.82) is 0 Å². The summed E-state index contributed by atoms with van der Waals surface area (Å²) >= 11 is 7.26. The highest BCUT2D eigenvalue weighted by Gasteiger charge is 2.01. The van der Waals surface area contributed by atoms with Gasteiger partial charge in [-0.1, -0.05) is 11.6 Å². The average Bonchev–Trinajstić information content (AvgIpc) is 2.18. The van der Waals surface area contributed by atoms with Crippen molar-refractivity contribution < 1.29 is 4.39 Å². The Morgan fingerprint density at radius 3 is 2.80 bits per heavy atom. The summed E-state index contributed by atoms with van der Waals surface area (Å²) in [5.74, 6) is 0.354. The number of rotatable bonds is 4. The topological polar surface area (TPSA) is 64.4 Å². The monoisotopic (exact) mass is 246 g/mol. The zero-order chi connectivity index (χ0) is 11.3. The van der Waals surface area contributed by atoms with Crippen LogP contribution in [0.15, 0.2) is 28.1 Å². The maximum atomic E-state index is 12.0. The van der Waals surface area contributed by atoms with Crippen molar-refractivity contribution in [2.75, 3.05) is 12.4 Å². The third kappa shape index (κ3) is 3.97. The van der Waals surface area contributed by atoms with Crippen molar-refractivity contribution in [3.05, 3.63) is 23.2 Å². The maximum absolute atomic E-state index is 12.0. The first-order valence-corrected chi connectivity index (χ1v) is 5.58. The van der Waals surface area contributed by atoms with Gasteiger partial charge >= 0.3 is 0 Å². The van der Waals surface area contributed by atoms with E-state index in [1.54, 1.807) is 18.2 Å². The number of guanidine groups is 1. The molecule has 1 rings (SSSR count). The number of alkyl halides is 1. The van der Waals surface area contributed by atoms with Crippen molar-refractivity contribution in [1.82, 2.24) is 0 Å². The fourth-order valence-electron chi connectivity index (χ4n) is 0.963. The predicted octanol–water partition coefficient (Wildman–Crippen LogP) is 2.31. The Bertz CT molecular complexity index is 366. The standard InChI is InChI=1S/C9H11ClFN3S/c10-7-2-1-6(15-4-3-11)5-8(7)14-9(12)13/h1-2,5H,3-4H2,(H4,12,13,14)/i11-1. The summed E-state index contributed by atoms with van der Waals surface area (Å²) in [4.78, 5) is 4.75. The van der Waals surface area contributed by atoms with Gasteiger partial charge in [0.15, 0.2) is 5.96 Å². The smallest absolute Gasteiger partial charge is 0.191 e. The van der Waals surface area contributed by atoms with E-state index in [0.717, 1.165) is 4.90 Å². The van der Waals surface area contributed by atoms with Gasteiger partial charge in [0, 0.05) is 10.6 Å². The number of hydrogen-bond acceptors (Lipinski definition) is 2. The van der Waals surface area contributed by atoms with Gasteiger partial charge in [-0.2, -0.15) is 0 Å². The van der Waals surface area contributed by atoms with E-state index in [9.17, 15) is 4.39 Å². The Morgan fingerprint density at radius 1 is 1.47 bits per heavy atom. The number of aliphatic imine (C=N–C) groups is 1. The van der Waals surface area contributed by atoms with E-state index in [-0.39, 0.29) is 12.6 Å². The number of halogens is 2.